The fraction of sp³-hybridized carbons (Fsp3) is 0.214. The van der Waals surface area contributed by atoms with E-state index < -0.39 is 5.63 Å². The first-order valence-corrected chi connectivity index (χ1v) is 6.29. The van der Waals surface area contributed by atoms with E-state index in [-0.39, 0.29) is 17.5 Å². The number of hydrogen-bond donors (Lipinski definition) is 2. The Morgan fingerprint density at radius 2 is 2.15 bits per heavy atom. The van der Waals surface area contributed by atoms with E-state index in [9.17, 15) is 14.8 Å². The Morgan fingerprint density at radius 3 is 2.80 bits per heavy atom. The molecule has 0 unspecified atom stereocenters. The van der Waals surface area contributed by atoms with Crippen LogP contribution in [-0.4, -0.2) is 11.1 Å². The van der Waals surface area contributed by atoms with Crippen molar-refractivity contribution in [2.24, 2.45) is 5.92 Å². The van der Waals surface area contributed by atoms with Gasteiger partial charge in [-0.1, -0.05) is 0 Å². The normalized spacial score (nSPS) is 14.0. The van der Waals surface area contributed by atoms with Crippen molar-refractivity contribution in [3.63, 3.8) is 0 Å². The summed E-state index contributed by atoms with van der Waals surface area (Å²) in [5, 5.41) is 11.9. The Balaban J connectivity index is 1.87. The maximum absolute atomic E-state index is 11.8. The van der Waals surface area contributed by atoms with Crippen LogP contribution in [0, 0.1) is 5.92 Å². The highest BCUT2D eigenvalue weighted by atomic mass is 16.5. The Labute approximate surface area is 114 Å². The van der Waals surface area contributed by atoms with E-state index in [1.165, 1.54) is 18.5 Å². The molecule has 1 amide bonds. The fourth-order valence-electron chi connectivity index (χ4n) is 1.85. The highest BCUT2D eigenvalue weighted by molar-refractivity contribution is 5.93. The molecule has 1 aliphatic rings. The maximum atomic E-state index is 11.8. The lowest BCUT2D eigenvalue weighted by atomic mass is 10.2. The number of nitrogens with zero attached hydrogens (tertiary/aromatic N) is 1. The molecule has 0 aromatic carbocycles. The molecule has 1 fully saturated rings. The number of hydrogen-bond acceptors (Lipinski definition) is 4. The number of pyridine rings is 1. The molecule has 1 saturated carbocycles. The summed E-state index contributed by atoms with van der Waals surface area (Å²) < 4.78 is 6.03. The highest BCUT2D eigenvalue weighted by Crippen LogP contribution is 2.29. The molecule has 2 N–H and O–H groups in total. The largest absolute Gasteiger partial charge is 0.421 e. The number of carbonyl (C=O) groups excluding carboxylic acids is 1. The molecule has 20 heavy (non-hydrogen) atoms. The summed E-state index contributed by atoms with van der Waals surface area (Å²) in [6.45, 7) is 0. The molecule has 1 aliphatic carbocycles. The molecule has 3 rings (SSSR count). The molecule has 6 nitrogen and oxygen atoms in total. The number of carbonyl (C=O) groups is 1. The molecule has 0 radical (unpaired) electrons. The molecule has 0 atom stereocenters. The predicted molar refractivity (Wildman–Crippen MR) is 69.1 cm³/mol. The predicted octanol–water partition coefficient (Wildman–Crippen LogP) is 1.18. The first kappa shape index (κ1) is 12.4. The average Bonchev–Trinajstić information content (AvgIpc) is 3.25. The van der Waals surface area contributed by atoms with Crippen molar-refractivity contribution in [3.8, 4) is 11.3 Å². The zero-order valence-corrected chi connectivity index (χ0v) is 10.6. The molecule has 2 heterocycles. The van der Waals surface area contributed by atoms with Crippen LogP contribution in [-0.2, 0) is 4.79 Å². The SMILES string of the molecule is O=C(Nc1ccc(-c2ccc[n+](O)c2)oc1=O)C1CC1. The summed E-state index contributed by atoms with van der Waals surface area (Å²) >= 11 is 0. The molecule has 102 valence electrons. The van der Waals surface area contributed by atoms with Gasteiger partial charge in [-0.05, 0) is 31.0 Å². The van der Waals surface area contributed by atoms with Gasteiger partial charge in [-0.2, -0.15) is 0 Å². The lowest BCUT2D eigenvalue weighted by Crippen LogP contribution is -2.28. The number of rotatable bonds is 3. The summed E-state index contributed by atoms with van der Waals surface area (Å²) in [6.07, 6.45) is 4.61. The van der Waals surface area contributed by atoms with Crippen LogP contribution in [0.15, 0.2) is 45.9 Å². The second kappa shape index (κ2) is 4.80. The Kier molecular flexibility index (Phi) is 2.98. The number of anilines is 1. The number of nitrogens with one attached hydrogen (secondary N) is 1. The van der Waals surface area contributed by atoms with Crippen LogP contribution in [0.4, 0.5) is 5.69 Å². The van der Waals surface area contributed by atoms with Crippen LogP contribution >= 0.6 is 0 Å². The second-order valence-corrected chi connectivity index (χ2v) is 4.74. The van der Waals surface area contributed by atoms with Crippen molar-refractivity contribution in [3.05, 3.63) is 47.1 Å². The van der Waals surface area contributed by atoms with E-state index >= 15 is 0 Å². The second-order valence-electron chi connectivity index (χ2n) is 4.74. The van der Waals surface area contributed by atoms with E-state index in [4.69, 9.17) is 4.42 Å². The molecule has 6 heteroatoms. The summed E-state index contributed by atoms with van der Waals surface area (Å²) in [5.41, 5.74) is 0.0930. The average molecular weight is 273 g/mol. The molecular weight excluding hydrogens is 260 g/mol. The summed E-state index contributed by atoms with van der Waals surface area (Å²) in [6, 6.07) is 6.42. The summed E-state index contributed by atoms with van der Waals surface area (Å²) in [5.74, 6) is 0.206. The van der Waals surface area contributed by atoms with Gasteiger partial charge in [0.1, 0.15) is 11.4 Å². The van der Waals surface area contributed by atoms with Gasteiger partial charge in [0.25, 0.3) is 0 Å². The topological polar surface area (TPSA) is 83.4 Å². The zero-order valence-electron chi connectivity index (χ0n) is 10.6. The minimum Gasteiger partial charge on any atom is -0.421 e. The van der Waals surface area contributed by atoms with Crippen LogP contribution in [0.5, 0.6) is 0 Å². The van der Waals surface area contributed by atoms with E-state index in [0.717, 1.165) is 17.6 Å². The molecule has 0 spiro atoms. The third kappa shape index (κ3) is 2.54. The van der Waals surface area contributed by atoms with Crippen LogP contribution in [0.25, 0.3) is 11.3 Å². The van der Waals surface area contributed by atoms with Crippen molar-refractivity contribution >= 4 is 11.6 Å². The molecule has 2 aromatic heterocycles. The van der Waals surface area contributed by atoms with E-state index in [1.807, 2.05) is 0 Å². The summed E-state index contributed by atoms with van der Waals surface area (Å²) in [7, 11) is 0. The van der Waals surface area contributed by atoms with Crippen LogP contribution in [0.1, 0.15) is 12.8 Å². The van der Waals surface area contributed by atoms with Gasteiger partial charge in [0.15, 0.2) is 0 Å². The third-order valence-corrected chi connectivity index (χ3v) is 3.10. The first-order valence-electron chi connectivity index (χ1n) is 6.29. The van der Waals surface area contributed by atoms with Gasteiger partial charge in [0, 0.05) is 16.7 Å². The van der Waals surface area contributed by atoms with E-state index in [1.54, 1.807) is 18.2 Å². The van der Waals surface area contributed by atoms with Crippen molar-refractivity contribution in [1.82, 2.24) is 0 Å². The highest BCUT2D eigenvalue weighted by Gasteiger charge is 2.30. The summed E-state index contributed by atoms with van der Waals surface area (Å²) in [4.78, 5) is 23.4. The van der Waals surface area contributed by atoms with E-state index in [0.29, 0.717) is 11.3 Å². The third-order valence-electron chi connectivity index (χ3n) is 3.10. The minimum absolute atomic E-state index is 0.0246. The molecule has 0 bridgehead atoms. The van der Waals surface area contributed by atoms with Gasteiger partial charge in [-0.25, -0.2) is 4.79 Å². The van der Waals surface area contributed by atoms with Crippen molar-refractivity contribution in [2.75, 3.05) is 5.32 Å². The van der Waals surface area contributed by atoms with Crippen molar-refractivity contribution < 1.29 is 19.1 Å². The molecule has 2 aromatic rings. The Morgan fingerprint density at radius 1 is 1.35 bits per heavy atom. The van der Waals surface area contributed by atoms with Crippen LogP contribution in [0.3, 0.4) is 0 Å². The molecule has 0 aliphatic heterocycles. The number of amides is 1. The zero-order chi connectivity index (χ0) is 14.1. The maximum Gasteiger partial charge on any atom is 0.360 e. The van der Waals surface area contributed by atoms with Crippen molar-refractivity contribution in [1.29, 1.82) is 0 Å². The van der Waals surface area contributed by atoms with Gasteiger partial charge in [0.05, 0.1) is 5.56 Å². The van der Waals surface area contributed by atoms with Crippen LogP contribution < -0.4 is 15.7 Å². The smallest absolute Gasteiger partial charge is 0.360 e. The van der Waals surface area contributed by atoms with Gasteiger partial charge in [-0.3, -0.25) is 10.0 Å². The van der Waals surface area contributed by atoms with Crippen molar-refractivity contribution in [2.45, 2.75) is 12.8 Å². The lowest BCUT2D eigenvalue weighted by molar-refractivity contribution is -0.904. The van der Waals surface area contributed by atoms with Crippen LogP contribution in [0.2, 0.25) is 0 Å². The van der Waals surface area contributed by atoms with Gasteiger partial charge in [-0.15, -0.1) is 0 Å². The first-order chi connectivity index (χ1) is 9.63. The number of aromatic nitrogens is 1. The lowest BCUT2D eigenvalue weighted by Gasteiger charge is -2.03. The minimum atomic E-state index is -0.607. The monoisotopic (exact) mass is 273 g/mol. The quantitative estimate of drug-likeness (QED) is 0.649. The fourth-order valence-corrected chi connectivity index (χ4v) is 1.85. The Bertz CT molecular complexity index is 719. The molecular formula is C14H13N2O4+. The van der Waals surface area contributed by atoms with Gasteiger partial charge >= 0.3 is 5.63 Å². The molecule has 0 saturated heterocycles. The standard InChI is InChI=1S/C14H12N2O4/c17-13(9-3-4-9)15-11-5-6-12(20-14(11)18)10-2-1-7-16(19)8-10/h1-2,5-9H,3-4H2,(H-,15,17,19)/p+1. The van der Waals surface area contributed by atoms with Gasteiger partial charge < -0.3 is 9.73 Å². The Hall–Kier alpha value is -2.63. The van der Waals surface area contributed by atoms with E-state index in [2.05, 4.69) is 5.32 Å². The van der Waals surface area contributed by atoms with Gasteiger partial charge in [0.2, 0.25) is 18.3 Å².